The summed E-state index contributed by atoms with van der Waals surface area (Å²) in [6.07, 6.45) is -0.221. The normalized spacial score (nSPS) is 9.38. The lowest BCUT2D eigenvalue weighted by Gasteiger charge is -2.17. The van der Waals surface area contributed by atoms with E-state index in [1.807, 2.05) is 0 Å². The fourth-order valence-electron chi connectivity index (χ4n) is 0.864. The fourth-order valence-corrected chi connectivity index (χ4v) is 0.864. The molecule has 0 unspecified atom stereocenters. The third kappa shape index (κ3) is 4.95. The molecule has 0 saturated carbocycles. The predicted octanol–water partition coefficient (Wildman–Crippen LogP) is -0.101. The highest BCUT2D eigenvalue weighted by Crippen LogP contribution is 1.94. The Kier molecular flexibility index (Phi) is 4.72. The number of hydrogen-bond acceptors (Lipinski definition) is 3. The molecule has 0 rings (SSSR count). The monoisotopic (exact) mass is 187 g/mol. The molecular weight excluding hydrogens is 174 g/mol. The van der Waals surface area contributed by atoms with E-state index in [9.17, 15) is 14.4 Å². The van der Waals surface area contributed by atoms with Crippen molar-refractivity contribution in [1.29, 1.82) is 0 Å². The molecule has 5 heteroatoms. The van der Waals surface area contributed by atoms with Crippen molar-refractivity contribution < 1.29 is 19.5 Å². The minimum Gasteiger partial charge on any atom is -0.480 e. The van der Waals surface area contributed by atoms with Crippen LogP contribution in [0.15, 0.2) is 0 Å². The van der Waals surface area contributed by atoms with Gasteiger partial charge in [0.15, 0.2) is 0 Å². The van der Waals surface area contributed by atoms with Gasteiger partial charge in [0.1, 0.15) is 12.3 Å². The van der Waals surface area contributed by atoms with Crippen molar-refractivity contribution >= 4 is 17.7 Å². The Balaban J connectivity index is 4.15. The lowest BCUT2D eigenvalue weighted by atomic mass is 10.3. The van der Waals surface area contributed by atoms with Gasteiger partial charge < -0.3 is 10.0 Å². The topological polar surface area (TPSA) is 74.7 Å². The van der Waals surface area contributed by atoms with Crippen LogP contribution in [0, 0.1) is 0 Å². The van der Waals surface area contributed by atoms with E-state index in [0.29, 0.717) is 6.54 Å². The zero-order chi connectivity index (χ0) is 10.4. The van der Waals surface area contributed by atoms with Crippen LogP contribution in [0.5, 0.6) is 0 Å². The van der Waals surface area contributed by atoms with Crippen LogP contribution in [0.2, 0.25) is 0 Å². The zero-order valence-corrected chi connectivity index (χ0v) is 7.74. The smallest absolute Gasteiger partial charge is 0.323 e. The van der Waals surface area contributed by atoms with Crippen molar-refractivity contribution in [3.05, 3.63) is 0 Å². The number of likely N-dealkylation sites (N-methyl/N-ethyl adjacent to an activating group) is 1. The van der Waals surface area contributed by atoms with Gasteiger partial charge in [0.2, 0.25) is 5.91 Å². The van der Waals surface area contributed by atoms with E-state index in [4.69, 9.17) is 5.11 Å². The maximum atomic E-state index is 11.2. The number of ketones is 1. The van der Waals surface area contributed by atoms with Crippen LogP contribution in [0.4, 0.5) is 0 Å². The Morgan fingerprint density at radius 3 is 2.15 bits per heavy atom. The van der Waals surface area contributed by atoms with Gasteiger partial charge in [0.25, 0.3) is 0 Å². The van der Waals surface area contributed by atoms with Crippen LogP contribution in [0.3, 0.4) is 0 Å². The predicted molar refractivity (Wildman–Crippen MR) is 45.2 cm³/mol. The van der Waals surface area contributed by atoms with E-state index >= 15 is 0 Å². The summed E-state index contributed by atoms with van der Waals surface area (Å²) in [6, 6.07) is 0. The summed E-state index contributed by atoms with van der Waals surface area (Å²) in [4.78, 5) is 33.1. The van der Waals surface area contributed by atoms with Gasteiger partial charge in [0.05, 0.1) is 6.42 Å². The summed E-state index contributed by atoms with van der Waals surface area (Å²) >= 11 is 0. The van der Waals surface area contributed by atoms with Crippen LogP contribution < -0.4 is 0 Å². The number of nitrogens with zero attached hydrogens (tertiary/aromatic N) is 1. The number of Topliss-reactive ketones (excluding diaryl/α,β-unsaturated/α-hetero) is 1. The molecule has 0 aromatic heterocycles. The van der Waals surface area contributed by atoms with Gasteiger partial charge in [-0.05, 0) is 13.8 Å². The van der Waals surface area contributed by atoms with Crippen LogP contribution in [0.25, 0.3) is 0 Å². The molecule has 1 N–H and O–H groups in total. The van der Waals surface area contributed by atoms with Crippen LogP contribution in [0.1, 0.15) is 20.3 Å². The van der Waals surface area contributed by atoms with Gasteiger partial charge >= 0.3 is 5.97 Å². The standard InChI is InChI=1S/C8H13NO4/c1-3-9(5-8(12)13)7(11)4-6(2)10/h3-5H2,1-2H3,(H,12,13). The van der Waals surface area contributed by atoms with Crippen LogP contribution in [-0.2, 0) is 14.4 Å². The highest BCUT2D eigenvalue weighted by atomic mass is 16.4. The number of amides is 1. The number of rotatable bonds is 5. The van der Waals surface area contributed by atoms with Crippen molar-refractivity contribution in [2.24, 2.45) is 0 Å². The van der Waals surface area contributed by atoms with Crippen molar-refractivity contribution in [2.75, 3.05) is 13.1 Å². The summed E-state index contributed by atoms with van der Waals surface area (Å²) in [5.41, 5.74) is 0. The first kappa shape index (κ1) is 11.6. The molecule has 0 heterocycles. The summed E-state index contributed by atoms with van der Waals surface area (Å²) in [5, 5.41) is 8.42. The number of carboxylic acids is 1. The first-order chi connectivity index (χ1) is 5.97. The number of carbonyl (C=O) groups excluding carboxylic acids is 2. The Morgan fingerprint density at radius 2 is 1.85 bits per heavy atom. The third-order valence-electron chi connectivity index (χ3n) is 1.46. The summed E-state index contributed by atoms with van der Waals surface area (Å²) < 4.78 is 0. The Bertz CT molecular complexity index is 224. The average molecular weight is 187 g/mol. The minimum absolute atomic E-state index is 0.221. The van der Waals surface area contributed by atoms with Crippen LogP contribution in [-0.4, -0.2) is 40.8 Å². The van der Waals surface area contributed by atoms with E-state index in [0.717, 1.165) is 4.90 Å². The quantitative estimate of drug-likeness (QED) is 0.610. The highest BCUT2D eigenvalue weighted by Gasteiger charge is 2.15. The van der Waals surface area contributed by atoms with E-state index < -0.39 is 11.9 Å². The first-order valence-electron chi connectivity index (χ1n) is 3.96. The van der Waals surface area contributed by atoms with Gasteiger partial charge in [0, 0.05) is 6.54 Å². The number of aliphatic carboxylic acids is 1. The van der Waals surface area contributed by atoms with Gasteiger partial charge in [-0.2, -0.15) is 0 Å². The number of hydrogen-bond donors (Lipinski definition) is 1. The van der Waals surface area contributed by atoms with Crippen molar-refractivity contribution in [1.82, 2.24) is 4.90 Å². The molecular formula is C8H13NO4. The largest absolute Gasteiger partial charge is 0.480 e. The Labute approximate surface area is 76.3 Å². The molecule has 74 valence electrons. The van der Waals surface area contributed by atoms with E-state index in [2.05, 4.69) is 0 Å². The molecule has 0 atom stereocenters. The second kappa shape index (κ2) is 5.29. The van der Waals surface area contributed by atoms with Crippen molar-refractivity contribution in [3.63, 3.8) is 0 Å². The Hall–Kier alpha value is -1.39. The zero-order valence-electron chi connectivity index (χ0n) is 7.74. The minimum atomic E-state index is -1.07. The number of carbonyl (C=O) groups is 3. The molecule has 5 nitrogen and oxygen atoms in total. The molecule has 0 aliphatic heterocycles. The fraction of sp³-hybridized carbons (Fsp3) is 0.625. The summed E-state index contributed by atoms with van der Waals surface area (Å²) in [6.45, 7) is 2.93. The van der Waals surface area contributed by atoms with Crippen LogP contribution >= 0.6 is 0 Å². The van der Waals surface area contributed by atoms with Crippen molar-refractivity contribution in [3.8, 4) is 0 Å². The number of carboxylic acid groups (broad SMARTS) is 1. The third-order valence-corrected chi connectivity index (χ3v) is 1.46. The molecule has 13 heavy (non-hydrogen) atoms. The molecule has 0 aliphatic rings. The average Bonchev–Trinajstić information content (AvgIpc) is 1.98. The summed E-state index contributed by atoms with van der Waals surface area (Å²) in [5.74, 6) is -1.76. The van der Waals surface area contributed by atoms with E-state index in [1.165, 1.54) is 6.92 Å². The van der Waals surface area contributed by atoms with Crippen molar-refractivity contribution in [2.45, 2.75) is 20.3 Å². The van der Waals surface area contributed by atoms with Gasteiger partial charge in [-0.15, -0.1) is 0 Å². The Morgan fingerprint density at radius 1 is 1.31 bits per heavy atom. The lowest BCUT2D eigenvalue weighted by molar-refractivity contribution is -0.145. The van der Waals surface area contributed by atoms with E-state index in [1.54, 1.807) is 6.92 Å². The molecule has 0 aliphatic carbocycles. The molecule has 0 aromatic carbocycles. The second-order valence-electron chi connectivity index (χ2n) is 2.68. The molecule has 0 saturated heterocycles. The lowest BCUT2D eigenvalue weighted by Crippen LogP contribution is -2.36. The maximum Gasteiger partial charge on any atom is 0.323 e. The first-order valence-corrected chi connectivity index (χ1v) is 3.96. The molecule has 0 aromatic rings. The van der Waals surface area contributed by atoms with E-state index in [-0.39, 0.29) is 18.7 Å². The molecule has 0 radical (unpaired) electrons. The molecule has 0 bridgehead atoms. The molecule has 0 fully saturated rings. The highest BCUT2D eigenvalue weighted by molar-refractivity contribution is 5.97. The van der Waals surface area contributed by atoms with Gasteiger partial charge in [-0.25, -0.2) is 0 Å². The molecule has 1 amide bonds. The van der Waals surface area contributed by atoms with Gasteiger partial charge in [-0.3, -0.25) is 14.4 Å². The summed E-state index contributed by atoms with van der Waals surface area (Å²) in [7, 11) is 0. The SMILES string of the molecule is CCN(CC(=O)O)C(=O)CC(C)=O. The second-order valence-corrected chi connectivity index (χ2v) is 2.68. The van der Waals surface area contributed by atoms with Gasteiger partial charge in [-0.1, -0.05) is 0 Å². The molecule has 0 spiro atoms. The maximum absolute atomic E-state index is 11.2.